The molecule has 3 fully saturated rings. The standard InChI is InChI=1S/C15H24N2O3/c18-14(19)13-9-10-5-1-4-8-12(10)17(13)15(20)16-11-6-2-3-7-11/h10-13H,1-9H2,(H,16,20)(H,18,19). The smallest absolute Gasteiger partial charge is 0.326 e. The predicted molar refractivity (Wildman–Crippen MR) is 74.4 cm³/mol. The highest BCUT2D eigenvalue weighted by Gasteiger charge is 2.47. The molecule has 5 heteroatoms. The largest absolute Gasteiger partial charge is 0.480 e. The van der Waals surface area contributed by atoms with Crippen LogP contribution in [-0.4, -0.2) is 40.1 Å². The van der Waals surface area contributed by atoms with Crippen LogP contribution in [0.1, 0.15) is 57.8 Å². The first-order valence-corrected chi connectivity index (χ1v) is 7.98. The van der Waals surface area contributed by atoms with Crippen LogP contribution in [0.5, 0.6) is 0 Å². The number of urea groups is 1. The fraction of sp³-hybridized carbons (Fsp3) is 0.867. The molecule has 0 radical (unpaired) electrons. The second-order valence-corrected chi connectivity index (χ2v) is 6.54. The van der Waals surface area contributed by atoms with E-state index in [0.717, 1.165) is 32.1 Å². The number of rotatable bonds is 2. The Morgan fingerprint density at radius 3 is 2.35 bits per heavy atom. The zero-order valence-corrected chi connectivity index (χ0v) is 11.9. The van der Waals surface area contributed by atoms with Gasteiger partial charge in [-0.3, -0.25) is 0 Å². The molecule has 3 aliphatic rings. The molecule has 0 spiro atoms. The third kappa shape index (κ3) is 2.50. The van der Waals surface area contributed by atoms with Crippen LogP contribution in [0.3, 0.4) is 0 Å². The summed E-state index contributed by atoms with van der Waals surface area (Å²) >= 11 is 0. The Morgan fingerprint density at radius 2 is 1.65 bits per heavy atom. The fourth-order valence-electron chi connectivity index (χ4n) is 4.29. The normalized spacial score (nSPS) is 34.0. The van der Waals surface area contributed by atoms with Crippen molar-refractivity contribution in [3.8, 4) is 0 Å². The summed E-state index contributed by atoms with van der Waals surface area (Å²) in [5.74, 6) is -0.458. The van der Waals surface area contributed by atoms with Gasteiger partial charge in [0.1, 0.15) is 6.04 Å². The average Bonchev–Trinajstić information content (AvgIpc) is 3.04. The van der Waals surface area contributed by atoms with Crippen LogP contribution >= 0.6 is 0 Å². The highest BCUT2D eigenvalue weighted by molar-refractivity contribution is 5.84. The van der Waals surface area contributed by atoms with E-state index < -0.39 is 12.0 Å². The summed E-state index contributed by atoms with van der Waals surface area (Å²) in [4.78, 5) is 25.7. The van der Waals surface area contributed by atoms with Gasteiger partial charge in [-0.25, -0.2) is 9.59 Å². The second-order valence-electron chi connectivity index (χ2n) is 6.54. The monoisotopic (exact) mass is 280 g/mol. The van der Waals surface area contributed by atoms with Gasteiger partial charge in [-0.05, 0) is 38.0 Å². The molecule has 2 saturated carbocycles. The molecule has 1 aliphatic heterocycles. The molecule has 2 aliphatic carbocycles. The predicted octanol–water partition coefficient (Wildman–Crippen LogP) is 2.36. The van der Waals surface area contributed by atoms with Crippen molar-refractivity contribution in [2.75, 3.05) is 0 Å². The van der Waals surface area contributed by atoms with Crippen molar-refractivity contribution in [3.63, 3.8) is 0 Å². The van der Waals surface area contributed by atoms with Crippen molar-refractivity contribution in [1.82, 2.24) is 10.2 Å². The first-order valence-electron chi connectivity index (χ1n) is 7.98. The van der Waals surface area contributed by atoms with Gasteiger partial charge < -0.3 is 15.3 Å². The molecule has 5 nitrogen and oxygen atoms in total. The number of amides is 2. The van der Waals surface area contributed by atoms with E-state index in [0.29, 0.717) is 12.3 Å². The molecule has 0 aromatic rings. The van der Waals surface area contributed by atoms with Gasteiger partial charge >= 0.3 is 12.0 Å². The third-order valence-corrected chi connectivity index (χ3v) is 5.29. The van der Waals surface area contributed by atoms with E-state index in [4.69, 9.17) is 0 Å². The molecular formula is C15H24N2O3. The summed E-state index contributed by atoms with van der Waals surface area (Å²) in [7, 11) is 0. The molecule has 1 saturated heterocycles. The number of nitrogens with one attached hydrogen (secondary N) is 1. The summed E-state index contributed by atoms with van der Waals surface area (Å²) in [5, 5.41) is 12.5. The zero-order valence-electron chi connectivity index (χ0n) is 11.9. The lowest BCUT2D eigenvalue weighted by Crippen LogP contribution is -2.52. The van der Waals surface area contributed by atoms with Crippen LogP contribution in [0.2, 0.25) is 0 Å². The Balaban J connectivity index is 1.72. The van der Waals surface area contributed by atoms with Gasteiger partial charge in [-0.15, -0.1) is 0 Å². The van der Waals surface area contributed by atoms with Gasteiger partial charge in [-0.2, -0.15) is 0 Å². The molecule has 3 rings (SSSR count). The Morgan fingerprint density at radius 1 is 1.00 bits per heavy atom. The highest BCUT2D eigenvalue weighted by Crippen LogP contribution is 2.39. The minimum Gasteiger partial charge on any atom is -0.480 e. The van der Waals surface area contributed by atoms with E-state index in [1.54, 1.807) is 4.90 Å². The molecule has 20 heavy (non-hydrogen) atoms. The molecule has 3 atom stereocenters. The average molecular weight is 280 g/mol. The fourth-order valence-corrected chi connectivity index (χ4v) is 4.29. The number of hydrogen-bond donors (Lipinski definition) is 2. The Labute approximate surface area is 119 Å². The van der Waals surface area contributed by atoms with Crippen LogP contribution in [-0.2, 0) is 4.79 Å². The first kappa shape index (κ1) is 13.7. The summed E-state index contributed by atoms with van der Waals surface area (Å²) in [5.41, 5.74) is 0. The zero-order chi connectivity index (χ0) is 14.1. The second kappa shape index (κ2) is 5.62. The summed E-state index contributed by atoms with van der Waals surface area (Å²) < 4.78 is 0. The maximum atomic E-state index is 12.5. The number of likely N-dealkylation sites (tertiary alicyclic amines) is 1. The first-order chi connectivity index (χ1) is 9.66. The van der Waals surface area contributed by atoms with Gasteiger partial charge in [-0.1, -0.05) is 25.7 Å². The van der Waals surface area contributed by atoms with Crippen LogP contribution < -0.4 is 5.32 Å². The van der Waals surface area contributed by atoms with Gasteiger partial charge in [0.15, 0.2) is 0 Å². The van der Waals surface area contributed by atoms with E-state index in [-0.39, 0.29) is 18.1 Å². The number of hydrogen-bond acceptors (Lipinski definition) is 2. The highest BCUT2D eigenvalue weighted by atomic mass is 16.4. The lowest BCUT2D eigenvalue weighted by molar-refractivity contribution is -0.141. The van der Waals surface area contributed by atoms with Crippen molar-refractivity contribution < 1.29 is 14.7 Å². The van der Waals surface area contributed by atoms with Gasteiger partial charge in [0, 0.05) is 12.1 Å². The lowest BCUT2D eigenvalue weighted by Gasteiger charge is -2.33. The number of carboxylic acid groups (broad SMARTS) is 1. The third-order valence-electron chi connectivity index (χ3n) is 5.29. The molecule has 3 unspecified atom stereocenters. The number of aliphatic carboxylic acids is 1. The molecule has 0 aromatic carbocycles. The maximum Gasteiger partial charge on any atom is 0.326 e. The SMILES string of the molecule is O=C(O)C1CC2CCCCC2N1C(=O)NC1CCCC1. The van der Waals surface area contributed by atoms with Gasteiger partial charge in [0.05, 0.1) is 0 Å². The van der Waals surface area contributed by atoms with Crippen molar-refractivity contribution >= 4 is 12.0 Å². The number of fused-ring (bicyclic) bond motifs is 1. The van der Waals surface area contributed by atoms with E-state index >= 15 is 0 Å². The Kier molecular flexibility index (Phi) is 3.85. The van der Waals surface area contributed by atoms with E-state index in [9.17, 15) is 14.7 Å². The van der Waals surface area contributed by atoms with Gasteiger partial charge in [0.25, 0.3) is 0 Å². The molecule has 112 valence electrons. The number of carbonyl (C=O) groups is 2. The number of carbonyl (C=O) groups excluding carboxylic acids is 1. The van der Waals surface area contributed by atoms with E-state index in [1.807, 2.05) is 0 Å². The quantitative estimate of drug-likeness (QED) is 0.815. The van der Waals surface area contributed by atoms with Crippen molar-refractivity contribution in [1.29, 1.82) is 0 Å². The van der Waals surface area contributed by atoms with Crippen LogP contribution in [0.25, 0.3) is 0 Å². The molecule has 0 aromatic heterocycles. The number of carboxylic acids is 1. The molecule has 2 N–H and O–H groups in total. The van der Waals surface area contributed by atoms with Crippen LogP contribution in [0, 0.1) is 5.92 Å². The summed E-state index contributed by atoms with van der Waals surface area (Å²) in [6.07, 6.45) is 9.36. The van der Waals surface area contributed by atoms with Crippen LogP contribution in [0.15, 0.2) is 0 Å². The van der Waals surface area contributed by atoms with E-state index in [1.165, 1.54) is 19.3 Å². The molecule has 0 bridgehead atoms. The maximum absolute atomic E-state index is 12.5. The lowest BCUT2D eigenvalue weighted by atomic mass is 9.85. The van der Waals surface area contributed by atoms with Crippen molar-refractivity contribution in [2.24, 2.45) is 5.92 Å². The number of nitrogens with zero attached hydrogens (tertiary/aromatic N) is 1. The Bertz CT molecular complexity index is 393. The van der Waals surface area contributed by atoms with Crippen LogP contribution in [0.4, 0.5) is 4.79 Å². The van der Waals surface area contributed by atoms with E-state index in [2.05, 4.69) is 5.32 Å². The molecular weight excluding hydrogens is 256 g/mol. The van der Waals surface area contributed by atoms with Gasteiger partial charge in [0.2, 0.25) is 0 Å². The molecule has 2 amide bonds. The summed E-state index contributed by atoms with van der Waals surface area (Å²) in [6, 6.07) is -0.367. The minimum atomic E-state index is -0.846. The minimum absolute atomic E-state index is 0.140. The van der Waals surface area contributed by atoms with Crippen molar-refractivity contribution in [2.45, 2.75) is 75.9 Å². The summed E-state index contributed by atoms with van der Waals surface area (Å²) in [6.45, 7) is 0. The van der Waals surface area contributed by atoms with Crippen molar-refractivity contribution in [3.05, 3.63) is 0 Å². The topological polar surface area (TPSA) is 69.6 Å². The Hall–Kier alpha value is -1.26. The molecule has 1 heterocycles.